The average molecular weight is 384 g/mol. The van der Waals surface area contributed by atoms with Gasteiger partial charge < -0.3 is 31.2 Å². The number of H-pyrrole nitrogens is 1. The van der Waals surface area contributed by atoms with Gasteiger partial charge in [0.1, 0.15) is 6.04 Å². The topological polar surface area (TPSA) is 195 Å². The molecule has 12 nitrogen and oxygen atoms in total. The normalized spacial score (nSPS) is 11.4. The van der Waals surface area contributed by atoms with E-state index >= 15 is 0 Å². The van der Waals surface area contributed by atoms with Gasteiger partial charge in [0, 0.05) is 25.4 Å². The average Bonchev–Trinajstić information content (AvgIpc) is 2.58. The number of aliphatic carboxylic acids is 1. The minimum Gasteiger partial charge on any atom is -0.480 e. The zero-order valence-electron chi connectivity index (χ0n) is 14.7. The molecule has 0 saturated carbocycles. The van der Waals surface area contributed by atoms with Gasteiger partial charge in [-0.05, 0) is 25.7 Å². The Kier molecular flexibility index (Phi) is 9.12. The molecule has 12 heteroatoms. The third-order valence-electron chi connectivity index (χ3n) is 3.46. The Morgan fingerprint density at radius 3 is 2.67 bits per heavy atom. The molecule has 0 fully saturated rings. The molecule has 0 spiro atoms. The smallest absolute Gasteiger partial charge is 0.407 e. The molecule has 0 radical (unpaired) electrons. The molecule has 1 aromatic heterocycles. The maximum Gasteiger partial charge on any atom is 0.407 e. The van der Waals surface area contributed by atoms with E-state index in [1.54, 1.807) is 0 Å². The van der Waals surface area contributed by atoms with Crippen molar-refractivity contribution in [1.82, 2.24) is 14.9 Å². The summed E-state index contributed by atoms with van der Waals surface area (Å²) in [6.45, 7) is 0.667. The van der Waals surface area contributed by atoms with Gasteiger partial charge in [0.25, 0.3) is 5.56 Å². The van der Waals surface area contributed by atoms with Crippen LogP contribution in [0, 0.1) is 0 Å². The van der Waals surface area contributed by atoms with E-state index in [4.69, 9.17) is 21.3 Å². The SMILES string of the molecule is NC(N)=NCCC[C@H](NC(=O)OCCCCn1ccc(=O)[nH]c1=O)C(=O)O. The molecule has 0 unspecified atom stereocenters. The predicted octanol–water partition coefficient (Wildman–Crippen LogP) is -1.45. The van der Waals surface area contributed by atoms with E-state index < -0.39 is 29.4 Å². The van der Waals surface area contributed by atoms with Crippen LogP contribution in [0.15, 0.2) is 26.8 Å². The molecule has 1 atom stereocenters. The van der Waals surface area contributed by atoms with Crippen molar-refractivity contribution in [2.24, 2.45) is 16.5 Å². The van der Waals surface area contributed by atoms with Crippen LogP contribution in [0.3, 0.4) is 0 Å². The van der Waals surface area contributed by atoms with Crippen LogP contribution < -0.4 is 28.0 Å². The summed E-state index contributed by atoms with van der Waals surface area (Å²) in [5.41, 5.74) is 9.36. The number of nitrogens with one attached hydrogen (secondary N) is 2. The highest BCUT2D eigenvalue weighted by Gasteiger charge is 2.20. The molecule has 0 aliphatic carbocycles. The molecule has 1 heterocycles. The second-order valence-electron chi connectivity index (χ2n) is 5.63. The van der Waals surface area contributed by atoms with Gasteiger partial charge >= 0.3 is 17.8 Å². The van der Waals surface area contributed by atoms with Crippen LogP contribution in [0.4, 0.5) is 4.79 Å². The molecule has 0 aromatic carbocycles. The molecule has 1 rings (SSSR count). The van der Waals surface area contributed by atoms with Crippen LogP contribution >= 0.6 is 0 Å². The maximum absolute atomic E-state index is 11.7. The summed E-state index contributed by atoms with van der Waals surface area (Å²) in [6.07, 6.45) is 2.06. The lowest BCUT2D eigenvalue weighted by Gasteiger charge is -2.14. The summed E-state index contributed by atoms with van der Waals surface area (Å²) < 4.78 is 6.26. The molecule has 1 amide bonds. The number of unbranched alkanes of at least 4 members (excludes halogenated alkanes) is 1. The van der Waals surface area contributed by atoms with Crippen molar-refractivity contribution in [3.05, 3.63) is 33.1 Å². The number of amides is 1. The highest BCUT2D eigenvalue weighted by molar-refractivity contribution is 5.79. The number of rotatable bonds is 11. The predicted molar refractivity (Wildman–Crippen MR) is 96.4 cm³/mol. The zero-order valence-corrected chi connectivity index (χ0v) is 14.7. The second-order valence-corrected chi connectivity index (χ2v) is 5.63. The Balaban J connectivity index is 2.27. The first-order valence-corrected chi connectivity index (χ1v) is 8.31. The van der Waals surface area contributed by atoms with Crippen LogP contribution in [0.25, 0.3) is 0 Å². The first-order chi connectivity index (χ1) is 12.8. The number of carboxylic acids is 1. The highest BCUT2D eigenvalue weighted by Crippen LogP contribution is 2.00. The molecule has 7 N–H and O–H groups in total. The Bertz CT molecular complexity index is 767. The van der Waals surface area contributed by atoms with Crippen LogP contribution in [-0.4, -0.2) is 51.9 Å². The Hall–Kier alpha value is -3.31. The molecular weight excluding hydrogens is 360 g/mol. The summed E-state index contributed by atoms with van der Waals surface area (Å²) in [7, 11) is 0. The minimum atomic E-state index is -1.19. The third kappa shape index (κ3) is 9.09. The number of nitrogens with two attached hydrogens (primary N) is 2. The number of alkyl carbamates (subject to hydrolysis) is 1. The quantitative estimate of drug-likeness (QED) is 0.173. The number of aromatic amines is 1. The summed E-state index contributed by atoms with van der Waals surface area (Å²) >= 11 is 0. The molecule has 0 aliphatic rings. The monoisotopic (exact) mass is 384 g/mol. The van der Waals surface area contributed by atoms with E-state index in [1.807, 2.05) is 0 Å². The van der Waals surface area contributed by atoms with Crippen molar-refractivity contribution >= 4 is 18.0 Å². The number of carbonyl (C=O) groups is 2. The molecule has 150 valence electrons. The molecule has 27 heavy (non-hydrogen) atoms. The number of carbonyl (C=O) groups excluding carboxylic acids is 1. The second kappa shape index (κ2) is 11.3. The molecule has 1 aromatic rings. The summed E-state index contributed by atoms with van der Waals surface area (Å²) in [6, 6.07) is 0.135. The first kappa shape index (κ1) is 21.7. The molecule has 0 aliphatic heterocycles. The van der Waals surface area contributed by atoms with E-state index in [0.29, 0.717) is 25.8 Å². The van der Waals surface area contributed by atoms with Gasteiger partial charge in [-0.1, -0.05) is 0 Å². The standard InChI is InChI=1S/C15H24N6O6/c16-13(17)18-6-3-4-10(12(23)24)19-15(26)27-9-2-1-7-21-8-5-11(22)20-14(21)25/h5,8,10H,1-4,6-7,9H2,(H,19,26)(H,23,24)(H4,16,17,18)(H,20,22,25)/t10-/m0/s1. The number of ether oxygens (including phenoxy) is 1. The van der Waals surface area contributed by atoms with Crippen molar-refractivity contribution in [2.75, 3.05) is 13.2 Å². The number of nitrogens with zero attached hydrogens (tertiary/aromatic N) is 2. The van der Waals surface area contributed by atoms with Crippen LogP contribution in [0.1, 0.15) is 25.7 Å². The van der Waals surface area contributed by atoms with Crippen molar-refractivity contribution in [1.29, 1.82) is 0 Å². The van der Waals surface area contributed by atoms with E-state index in [0.717, 1.165) is 0 Å². The minimum absolute atomic E-state index is 0.0598. The third-order valence-corrected chi connectivity index (χ3v) is 3.46. The molecular formula is C15H24N6O6. The number of aromatic nitrogens is 2. The van der Waals surface area contributed by atoms with E-state index in [2.05, 4.69) is 15.3 Å². The fourth-order valence-corrected chi connectivity index (χ4v) is 2.11. The largest absolute Gasteiger partial charge is 0.480 e. The van der Waals surface area contributed by atoms with E-state index in [9.17, 15) is 19.2 Å². The van der Waals surface area contributed by atoms with Gasteiger partial charge in [0.05, 0.1) is 6.61 Å². The number of guanidine groups is 1. The van der Waals surface area contributed by atoms with Gasteiger partial charge in [-0.25, -0.2) is 14.4 Å². The Morgan fingerprint density at radius 1 is 1.30 bits per heavy atom. The van der Waals surface area contributed by atoms with Gasteiger partial charge in [-0.2, -0.15) is 0 Å². The summed E-state index contributed by atoms with van der Waals surface area (Å²) in [4.78, 5) is 51.1. The Morgan fingerprint density at radius 2 is 2.04 bits per heavy atom. The summed E-state index contributed by atoms with van der Waals surface area (Å²) in [5.74, 6) is -1.27. The number of aryl methyl sites for hydroxylation is 1. The molecule has 0 saturated heterocycles. The highest BCUT2D eigenvalue weighted by atomic mass is 16.5. The van der Waals surface area contributed by atoms with Crippen molar-refractivity contribution in [2.45, 2.75) is 38.3 Å². The van der Waals surface area contributed by atoms with Crippen molar-refractivity contribution in [3.63, 3.8) is 0 Å². The van der Waals surface area contributed by atoms with Crippen LogP contribution in [-0.2, 0) is 16.1 Å². The first-order valence-electron chi connectivity index (χ1n) is 8.31. The Labute approximate surface area is 154 Å². The van der Waals surface area contributed by atoms with Crippen molar-refractivity contribution < 1.29 is 19.4 Å². The van der Waals surface area contributed by atoms with E-state index in [1.165, 1.54) is 16.8 Å². The van der Waals surface area contributed by atoms with Crippen LogP contribution in [0.2, 0.25) is 0 Å². The number of hydrogen-bond acceptors (Lipinski definition) is 6. The number of carboxylic acid groups (broad SMARTS) is 1. The lowest BCUT2D eigenvalue weighted by Crippen LogP contribution is -2.41. The number of aliphatic imine (C=N–C) groups is 1. The lowest BCUT2D eigenvalue weighted by molar-refractivity contribution is -0.139. The van der Waals surface area contributed by atoms with E-state index in [-0.39, 0.29) is 25.5 Å². The maximum atomic E-state index is 11.7. The lowest BCUT2D eigenvalue weighted by atomic mass is 10.1. The zero-order chi connectivity index (χ0) is 20.2. The van der Waals surface area contributed by atoms with Crippen molar-refractivity contribution in [3.8, 4) is 0 Å². The van der Waals surface area contributed by atoms with Gasteiger partial charge in [0.2, 0.25) is 0 Å². The van der Waals surface area contributed by atoms with Crippen LogP contribution in [0.5, 0.6) is 0 Å². The number of hydrogen-bond donors (Lipinski definition) is 5. The van der Waals surface area contributed by atoms with Gasteiger partial charge in [-0.3, -0.25) is 14.8 Å². The fraction of sp³-hybridized carbons (Fsp3) is 0.533. The van der Waals surface area contributed by atoms with Gasteiger partial charge in [-0.15, -0.1) is 0 Å². The molecule has 0 bridgehead atoms. The van der Waals surface area contributed by atoms with Gasteiger partial charge in [0.15, 0.2) is 5.96 Å². The fourth-order valence-electron chi connectivity index (χ4n) is 2.11. The summed E-state index contributed by atoms with van der Waals surface area (Å²) in [5, 5.41) is 11.4.